The third-order valence-corrected chi connectivity index (χ3v) is 5.14. The zero-order chi connectivity index (χ0) is 17.1. The average molecular weight is 331 g/mol. The maximum Gasteiger partial charge on any atom is 0.407 e. The van der Waals surface area contributed by atoms with Gasteiger partial charge in [0, 0.05) is 31.7 Å². The van der Waals surface area contributed by atoms with Crippen LogP contribution in [0.5, 0.6) is 0 Å². The Bertz CT molecular complexity index is 592. The van der Waals surface area contributed by atoms with Crippen molar-refractivity contribution in [1.82, 2.24) is 14.7 Å². The van der Waals surface area contributed by atoms with Gasteiger partial charge in [-0.05, 0) is 31.9 Å². The van der Waals surface area contributed by atoms with E-state index >= 15 is 0 Å². The summed E-state index contributed by atoms with van der Waals surface area (Å²) in [7, 11) is 1.96. The molecule has 2 fully saturated rings. The molecule has 0 aliphatic carbocycles. The zero-order valence-electron chi connectivity index (χ0n) is 14.1. The van der Waals surface area contributed by atoms with Crippen LogP contribution in [0.4, 0.5) is 4.79 Å². The van der Waals surface area contributed by atoms with Gasteiger partial charge in [0.15, 0.2) is 0 Å². The Morgan fingerprint density at radius 1 is 1.21 bits per heavy atom. The van der Waals surface area contributed by atoms with Gasteiger partial charge in [0.25, 0.3) is 0 Å². The minimum Gasteiger partial charge on any atom is -0.465 e. The molecule has 1 aromatic carbocycles. The Morgan fingerprint density at radius 2 is 1.96 bits per heavy atom. The van der Waals surface area contributed by atoms with Crippen molar-refractivity contribution in [1.29, 1.82) is 0 Å². The lowest BCUT2D eigenvalue weighted by Gasteiger charge is -2.44. The van der Waals surface area contributed by atoms with E-state index in [1.165, 1.54) is 0 Å². The molecule has 0 radical (unpaired) electrons. The van der Waals surface area contributed by atoms with Crippen LogP contribution in [0.1, 0.15) is 18.4 Å². The maximum absolute atomic E-state index is 12.3. The fourth-order valence-electron chi connectivity index (χ4n) is 3.83. The number of amides is 2. The Balaban J connectivity index is 1.71. The van der Waals surface area contributed by atoms with Crippen LogP contribution in [0.25, 0.3) is 0 Å². The first-order chi connectivity index (χ1) is 11.5. The van der Waals surface area contributed by atoms with Gasteiger partial charge in [-0.15, -0.1) is 0 Å². The molecule has 24 heavy (non-hydrogen) atoms. The second-order valence-electron chi connectivity index (χ2n) is 6.82. The topological polar surface area (TPSA) is 64.1 Å². The highest BCUT2D eigenvalue weighted by Gasteiger charge is 2.37. The van der Waals surface area contributed by atoms with Crippen LogP contribution in [0, 0.1) is 0 Å². The fraction of sp³-hybridized carbons (Fsp3) is 0.556. The van der Waals surface area contributed by atoms with E-state index in [1.54, 1.807) is 4.90 Å². The molecule has 2 unspecified atom stereocenters. The van der Waals surface area contributed by atoms with Crippen LogP contribution in [0.3, 0.4) is 0 Å². The molecule has 2 saturated heterocycles. The number of nitrogens with zero attached hydrogens (tertiary/aromatic N) is 3. The van der Waals surface area contributed by atoms with Crippen LogP contribution in [-0.4, -0.2) is 77.1 Å². The summed E-state index contributed by atoms with van der Waals surface area (Å²) in [6.45, 7) is 2.58. The molecule has 130 valence electrons. The van der Waals surface area contributed by atoms with Crippen molar-refractivity contribution in [2.45, 2.75) is 31.3 Å². The molecule has 6 heteroatoms. The molecule has 2 amide bonds. The normalized spacial score (nSPS) is 25.8. The van der Waals surface area contributed by atoms with Gasteiger partial charge in [0.1, 0.15) is 0 Å². The summed E-state index contributed by atoms with van der Waals surface area (Å²) in [5, 5.41) is 9.51. The minimum absolute atomic E-state index is 0.0730. The molecule has 6 nitrogen and oxygen atoms in total. The largest absolute Gasteiger partial charge is 0.465 e. The first-order valence-corrected chi connectivity index (χ1v) is 8.56. The van der Waals surface area contributed by atoms with Crippen LogP contribution >= 0.6 is 0 Å². The average Bonchev–Trinajstić information content (AvgIpc) is 2.55. The van der Waals surface area contributed by atoms with Gasteiger partial charge in [-0.25, -0.2) is 4.79 Å². The highest BCUT2D eigenvalue weighted by atomic mass is 16.4. The van der Waals surface area contributed by atoms with E-state index in [1.807, 2.05) is 47.2 Å². The zero-order valence-corrected chi connectivity index (χ0v) is 14.1. The van der Waals surface area contributed by atoms with E-state index < -0.39 is 6.09 Å². The lowest BCUT2D eigenvalue weighted by Crippen LogP contribution is -2.58. The highest BCUT2D eigenvalue weighted by Crippen LogP contribution is 2.26. The number of benzene rings is 1. The van der Waals surface area contributed by atoms with Crippen LogP contribution < -0.4 is 0 Å². The number of hydrogen-bond donors (Lipinski definition) is 1. The summed E-state index contributed by atoms with van der Waals surface area (Å²) in [5.41, 5.74) is 1.14. The second-order valence-corrected chi connectivity index (χ2v) is 6.82. The quantitative estimate of drug-likeness (QED) is 0.912. The standard InChI is InChI=1S/C18H25N3O3/c1-19-9-10-20(17(22)13-19)15-7-8-21(18(23)24)16(12-15)11-14-5-3-2-4-6-14/h2-6,15-16H,7-13H2,1H3,(H,23,24). The Morgan fingerprint density at radius 3 is 2.62 bits per heavy atom. The molecule has 3 rings (SSSR count). The first-order valence-electron chi connectivity index (χ1n) is 8.56. The second kappa shape index (κ2) is 7.21. The summed E-state index contributed by atoms with van der Waals surface area (Å²) >= 11 is 0. The number of likely N-dealkylation sites (N-methyl/N-ethyl adjacent to an activating group) is 1. The van der Waals surface area contributed by atoms with Gasteiger partial charge in [0.2, 0.25) is 5.91 Å². The van der Waals surface area contributed by atoms with Crippen molar-refractivity contribution in [3.8, 4) is 0 Å². The van der Waals surface area contributed by atoms with Crippen LogP contribution in [0.15, 0.2) is 30.3 Å². The molecule has 2 aliphatic rings. The molecular weight excluding hydrogens is 306 g/mol. The van der Waals surface area contributed by atoms with Gasteiger partial charge in [-0.1, -0.05) is 30.3 Å². The van der Waals surface area contributed by atoms with E-state index in [2.05, 4.69) is 0 Å². The Hall–Kier alpha value is -2.08. The number of piperidine rings is 1. The molecule has 1 aromatic rings. The molecule has 0 saturated carbocycles. The van der Waals surface area contributed by atoms with Crippen LogP contribution in [-0.2, 0) is 11.2 Å². The van der Waals surface area contributed by atoms with Crippen LogP contribution in [0.2, 0.25) is 0 Å². The molecule has 2 aliphatic heterocycles. The van der Waals surface area contributed by atoms with Crippen molar-refractivity contribution in [2.75, 3.05) is 33.2 Å². The predicted molar refractivity (Wildman–Crippen MR) is 90.9 cm³/mol. The van der Waals surface area contributed by atoms with Gasteiger partial charge < -0.3 is 14.9 Å². The van der Waals surface area contributed by atoms with Crippen molar-refractivity contribution < 1.29 is 14.7 Å². The van der Waals surface area contributed by atoms with E-state index in [9.17, 15) is 14.7 Å². The molecule has 0 aromatic heterocycles. The smallest absolute Gasteiger partial charge is 0.407 e. The van der Waals surface area contributed by atoms with E-state index in [4.69, 9.17) is 0 Å². The third kappa shape index (κ3) is 3.70. The molecule has 2 atom stereocenters. The molecular formula is C18H25N3O3. The van der Waals surface area contributed by atoms with E-state index in [0.29, 0.717) is 19.5 Å². The molecule has 2 heterocycles. The molecule has 0 spiro atoms. The number of piperazine rings is 1. The van der Waals surface area contributed by atoms with E-state index in [-0.39, 0.29) is 18.0 Å². The fourth-order valence-corrected chi connectivity index (χ4v) is 3.83. The van der Waals surface area contributed by atoms with Gasteiger partial charge in [0.05, 0.1) is 6.54 Å². The highest BCUT2D eigenvalue weighted by molar-refractivity contribution is 5.79. The minimum atomic E-state index is -0.862. The van der Waals surface area contributed by atoms with Crippen molar-refractivity contribution >= 4 is 12.0 Å². The van der Waals surface area contributed by atoms with Gasteiger partial charge >= 0.3 is 6.09 Å². The van der Waals surface area contributed by atoms with E-state index in [0.717, 1.165) is 31.5 Å². The number of carbonyl (C=O) groups excluding carboxylic acids is 1. The predicted octanol–water partition coefficient (Wildman–Crippen LogP) is 1.51. The summed E-state index contributed by atoms with van der Waals surface area (Å²) in [5.74, 6) is 0.163. The SMILES string of the molecule is CN1CCN(C2CCN(C(=O)O)C(Cc3ccccc3)C2)C(=O)C1. The molecule has 1 N–H and O–H groups in total. The Labute approximate surface area is 142 Å². The van der Waals surface area contributed by atoms with Crippen molar-refractivity contribution in [2.24, 2.45) is 0 Å². The number of rotatable bonds is 3. The van der Waals surface area contributed by atoms with Gasteiger partial charge in [-0.2, -0.15) is 0 Å². The number of hydrogen-bond acceptors (Lipinski definition) is 3. The first kappa shape index (κ1) is 16.8. The monoisotopic (exact) mass is 331 g/mol. The summed E-state index contributed by atoms with van der Waals surface area (Å²) in [6, 6.07) is 10.1. The summed E-state index contributed by atoms with van der Waals surface area (Å²) in [6.07, 6.45) is 1.29. The van der Waals surface area contributed by atoms with Gasteiger partial charge in [-0.3, -0.25) is 9.69 Å². The number of carbonyl (C=O) groups is 2. The number of likely N-dealkylation sites (tertiary alicyclic amines) is 1. The molecule has 0 bridgehead atoms. The lowest BCUT2D eigenvalue weighted by atomic mass is 9.91. The van der Waals surface area contributed by atoms with Crippen molar-refractivity contribution in [3.63, 3.8) is 0 Å². The third-order valence-electron chi connectivity index (χ3n) is 5.14. The summed E-state index contributed by atoms with van der Waals surface area (Å²) < 4.78 is 0. The lowest BCUT2D eigenvalue weighted by molar-refractivity contribution is -0.139. The summed E-state index contributed by atoms with van der Waals surface area (Å²) in [4.78, 5) is 29.5. The number of carboxylic acid groups (broad SMARTS) is 1. The maximum atomic E-state index is 12.3. The van der Waals surface area contributed by atoms with Crippen molar-refractivity contribution in [3.05, 3.63) is 35.9 Å². The Kier molecular flexibility index (Phi) is 5.04.